The molecule has 0 unspecified atom stereocenters. The average Bonchev–Trinajstić information content (AvgIpc) is 2.57. The van der Waals surface area contributed by atoms with Crippen molar-refractivity contribution in [3.63, 3.8) is 0 Å². The predicted octanol–water partition coefficient (Wildman–Crippen LogP) is 3.82. The van der Waals surface area contributed by atoms with Crippen LogP contribution >= 0.6 is 0 Å². The number of hydrogen-bond donors (Lipinski definition) is 2. The minimum absolute atomic E-state index is 0.0154. The van der Waals surface area contributed by atoms with Gasteiger partial charge >= 0.3 is 6.61 Å². The third-order valence-corrected chi connectivity index (χ3v) is 3.54. The van der Waals surface area contributed by atoms with E-state index < -0.39 is 12.5 Å². The van der Waals surface area contributed by atoms with E-state index in [9.17, 15) is 18.4 Å². The van der Waals surface area contributed by atoms with Crippen molar-refractivity contribution < 1.29 is 27.8 Å². The smallest absolute Gasteiger partial charge is 0.387 e. The Labute approximate surface area is 149 Å². The van der Waals surface area contributed by atoms with Gasteiger partial charge in [0.05, 0.1) is 12.7 Å². The van der Waals surface area contributed by atoms with Crippen molar-refractivity contribution in [1.82, 2.24) is 0 Å². The highest BCUT2D eigenvalue weighted by atomic mass is 19.3. The van der Waals surface area contributed by atoms with Crippen molar-refractivity contribution in [2.24, 2.45) is 0 Å². The molecule has 0 fully saturated rings. The number of amides is 2. The van der Waals surface area contributed by atoms with Crippen molar-refractivity contribution in [3.05, 3.63) is 47.5 Å². The maximum Gasteiger partial charge on any atom is 0.387 e. The van der Waals surface area contributed by atoms with Crippen LogP contribution in [-0.2, 0) is 4.79 Å². The van der Waals surface area contributed by atoms with Gasteiger partial charge in [-0.15, -0.1) is 0 Å². The number of halogens is 2. The summed E-state index contributed by atoms with van der Waals surface area (Å²) in [5.41, 5.74) is 1.47. The summed E-state index contributed by atoms with van der Waals surface area (Å²) in [7, 11) is 1.29. The topological polar surface area (TPSA) is 76.7 Å². The number of carbonyl (C=O) groups is 2. The first-order valence-electron chi connectivity index (χ1n) is 7.63. The van der Waals surface area contributed by atoms with Crippen molar-refractivity contribution in [2.75, 3.05) is 17.7 Å². The third kappa shape index (κ3) is 4.47. The molecule has 2 aromatic carbocycles. The first kappa shape index (κ1) is 19.2. The van der Waals surface area contributed by atoms with Gasteiger partial charge in [-0.05, 0) is 36.8 Å². The van der Waals surface area contributed by atoms with Crippen LogP contribution in [0.15, 0.2) is 36.4 Å². The SMILES string of the molecule is COc1cccc(C(=O)Nc2cccc(NC(C)=O)c2C)c1OC(F)F. The van der Waals surface area contributed by atoms with Crippen molar-refractivity contribution >= 4 is 23.2 Å². The van der Waals surface area contributed by atoms with E-state index in [-0.39, 0.29) is 23.0 Å². The lowest BCUT2D eigenvalue weighted by molar-refractivity contribution is -0.114. The summed E-state index contributed by atoms with van der Waals surface area (Å²) in [4.78, 5) is 23.8. The maximum atomic E-state index is 12.7. The monoisotopic (exact) mass is 364 g/mol. The van der Waals surface area contributed by atoms with Crippen LogP contribution < -0.4 is 20.1 Å². The molecule has 26 heavy (non-hydrogen) atoms. The zero-order chi connectivity index (χ0) is 19.3. The van der Waals surface area contributed by atoms with Gasteiger partial charge in [0.15, 0.2) is 11.5 Å². The van der Waals surface area contributed by atoms with Gasteiger partial charge in [-0.2, -0.15) is 8.78 Å². The normalized spacial score (nSPS) is 10.4. The largest absolute Gasteiger partial charge is 0.493 e. The molecule has 138 valence electrons. The van der Waals surface area contributed by atoms with E-state index in [1.54, 1.807) is 25.1 Å². The van der Waals surface area contributed by atoms with Crippen LogP contribution in [0.5, 0.6) is 11.5 Å². The Hall–Kier alpha value is -3.16. The number of para-hydroxylation sites is 1. The summed E-state index contributed by atoms with van der Waals surface area (Å²) < 4.78 is 34.8. The van der Waals surface area contributed by atoms with Crippen LogP contribution in [0.3, 0.4) is 0 Å². The number of anilines is 2. The molecule has 0 saturated heterocycles. The zero-order valence-electron chi connectivity index (χ0n) is 14.4. The maximum absolute atomic E-state index is 12.7. The number of hydrogen-bond acceptors (Lipinski definition) is 4. The Balaban J connectivity index is 2.35. The second-order valence-electron chi connectivity index (χ2n) is 5.33. The number of alkyl halides is 2. The molecule has 0 aliphatic heterocycles. The molecule has 2 rings (SSSR count). The molecule has 0 aliphatic rings. The first-order chi connectivity index (χ1) is 12.3. The summed E-state index contributed by atoms with van der Waals surface area (Å²) in [6, 6.07) is 9.22. The van der Waals surface area contributed by atoms with Crippen LogP contribution in [-0.4, -0.2) is 25.5 Å². The molecule has 0 saturated carbocycles. The van der Waals surface area contributed by atoms with Gasteiger partial charge < -0.3 is 20.1 Å². The van der Waals surface area contributed by atoms with Crippen LogP contribution in [0.25, 0.3) is 0 Å². The van der Waals surface area contributed by atoms with E-state index in [4.69, 9.17) is 4.74 Å². The van der Waals surface area contributed by atoms with E-state index in [0.29, 0.717) is 16.9 Å². The quantitative estimate of drug-likeness (QED) is 0.817. The fourth-order valence-electron chi connectivity index (χ4n) is 2.35. The second-order valence-corrected chi connectivity index (χ2v) is 5.33. The molecule has 0 heterocycles. The number of methoxy groups -OCH3 is 1. The number of rotatable bonds is 6. The van der Waals surface area contributed by atoms with E-state index in [1.165, 1.54) is 32.2 Å². The van der Waals surface area contributed by atoms with Gasteiger partial charge in [0.25, 0.3) is 5.91 Å². The van der Waals surface area contributed by atoms with E-state index in [0.717, 1.165) is 0 Å². The lowest BCUT2D eigenvalue weighted by atomic mass is 10.1. The van der Waals surface area contributed by atoms with Crippen LogP contribution in [0.1, 0.15) is 22.8 Å². The predicted molar refractivity (Wildman–Crippen MR) is 93.1 cm³/mol. The summed E-state index contributed by atoms with van der Waals surface area (Å²) in [6.45, 7) is -0.0274. The molecule has 2 N–H and O–H groups in total. The molecule has 0 spiro atoms. The summed E-state index contributed by atoms with van der Waals surface area (Å²) in [5.74, 6) is -1.24. The molecule has 0 aliphatic carbocycles. The van der Waals surface area contributed by atoms with Crippen LogP contribution in [0.2, 0.25) is 0 Å². The first-order valence-corrected chi connectivity index (χ1v) is 7.63. The van der Waals surface area contributed by atoms with Crippen molar-refractivity contribution in [1.29, 1.82) is 0 Å². The lowest BCUT2D eigenvalue weighted by Gasteiger charge is -2.16. The highest BCUT2D eigenvalue weighted by Crippen LogP contribution is 2.33. The number of nitrogens with one attached hydrogen (secondary N) is 2. The van der Waals surface area contributed by atoms with E-state index >= 15 is 0 Å². The standard InChI is InChI=1S/C18H18F2N2O4/c1-10-13(21-11(2)23)7-5-8-14(10)22-17(24)12-6-4-9-15(25-3)16(12)26-18(19)20/h4-9,18H,1-3H3,(H,21,23)(H,22,24). The summed E-state index contributed by atoms with van der Waals surface area (Å²) >= 11 is 0. The molecule has 8 heteroatoms. The second kappa shape index (κ2) is 8.28. The van der Waals surface area contributed by atoms with Crippen LogP contribution in [0.4, 0.5) is 20.2 Å². The Morgan fingerprint density at radius 3 is 2.23 bits per heavy atom. The fraction of sp³-hybridized carbons (Fsp3) is 0.222. The van der Waals surface area contributed by atoms with Crippen LogP contribution in [0, 0.1) is 6.92 Å². The minimum atomic E-state index is -3.11. The molecule has 0 aromatic heterocycles. The van der Waals surface area contributed by atoms with E-state index in [1.807, 2.05) is 0 Å². The number of benzene rings is 2. The van der Waals surface area contributed by atoms with Gasteiger partial charge in [0.1, 0.15) is 0 Å². The highest BCUT2D eigenvalue weighted by Gasteiger charge is 2.21. The van der Waals surface area contributed by atoms with Gasteiger partial charge in [-0.3, -0.25) is 9.59 Å². The zero-order valence-corrected chi connectivity index (χ0v) is 14.4. The van der Waals surface area contributed by atoms with E-state index in [2.05, 4.69) is 15.4 Å². The fourth-order valence-corrected chi connectivity index (χ4v) is 2.35. The Kier molecular flexibility index (Phi) is 6.11. The van der Waals surface area contributed by atoms with Gasteiger partial charge in [0, 0.05) is 18.3 Å². The minimum Gasteiger partial charge on any atom is -0.493 e. The highest BCUT2D eigenvalue weighted by molar-refractivity contribution is 6.07. The average molecular weight is 364 g/mol. The molecular weight excluding hydrogens is 346 g/mol. The summed E-state index contributed by atoms with van der Waals surface area (Å²) in [6.07, 6.45) is 0. The Morgan fingerprint density at radius 2 is 1.65 bits per heavy atom. The van der Waals surface area contributed by atoms with Crippen molar-refractivity contribution in [2.45, 2.75) is 20.5 Å². The molecule has 6 nitrogen and oxygen atoms in total. The Bertz CT molecular complexity index is 825. The molecule has 2 aromatic rings. The van der Waals surface area contributed by atoms with Gasteiger partial charge in [-0.1, -0.05) is 12.1 Å². The van der Waals surface area contributed by atoms with Gasteiger partial charge in [-0.25, -0.2) is 0 Å². The molecular formula is C18H18F2N2O4. The third-order valence-electron chi connectivity index (χ3n) is 3.54. The number of ether oxygens (including phenoxy) is 2. The molecule has 0 radical (unpaired) electrons. The molecule has 0 atom stereocenters. The summed E-state index contributed by atoms with van der Waals surface area (Å²) in [5, 5.41) is 5.28. The lowest BCUT2D eigenvalue weighted by Crippen LogP contribution is -2.17. The molecule has 0 bridgehead atoms. The Morgan fingerprint density at radius 1 is 1.04 bits per heavy atom. The number of carbonyl (C=O) groups excluding carboxylic acids is 2. The molecule has 2 amide bonds. The van der Waals surface area contributed by atoms with Gasteiger partial charge in [0.2, 0.25) is 5.91 Å². The van der Waals surface area contributed by atoms with Crippen molar-refractivity contribution in [3.8, 4) is 11.5 Å².